The normalized spacial score (nSPS) is 11.0. The average molecular weight is 510 g/mol. The van der Waals surface area contributed by atoms with Gasteiger partial charge in [-0.3, -0.25) is 0 Å². The van der Waals surface area contributed by atoms with E-state index in [-0.39, 0.29) is 6.79 Å². The minimum absolute atomic E-state index is 0.207. The van der Waals surface area contributed by atoms with Crippen molar-refractivity contribution >= 4 is 39.0 Å². The number of thioether (sulfide) groups is 1. The number of methoxy groups -OCH3 is 2. The van der Waals surface area contributed by atoms with Crippen molar-refractivity contribution in [3.63, 3.8) is 0 Å². The first-order valence-corrected chi connectivity index (χ1v) is 13.5. The molecule has 0 saturated heterocycles. The third kappa shape index (κ3) is 7.35. The number of nitrogens with one attached hydrogen (secondary N) is 2. The molecule has 35 heavy (non-hydrogen) atoms. The van der Waals surface area contributed by atoms with E-state index in [2.05, 4.69) is 34.9 Å². The van der Waals surface area contributed by atoms with Crippen LogP contribution in [0.25, 0.3) is 20.8 Å². The first-order valence-electron chi connectivity index (χ1n) is 11.5. The largest absolute Gasteiger partial charge is 0.497 e. The monoisotopic (exact) mass is 509 g/mol. The maximum atomic E-state index is 5.77. The van der Waals surface area contributed by atoms with Crippen LogP contribution in [0.5, 0.6) is 11.5 Å². The quantitative estimate of drug-likeness (QED) is 0.162. The van der Waals surface area contributed by atoms with Gasteiger partial charge in [0.2, 0.25) is 0 Å². The zero-order chi connectivity index (χ0) is 24.3. The Kier molecular flexibility index (Phi) is 9.65. The molecule has 4 rings (SSSR count). The number of nitrogens with zero attached hydrogens (tertiary/aromatic N) is 1. The van der Waals surface area contributed by atoms with Gasteiger partial charge in [0.25, 0.3) is 0 Å². The summed E-state index contributed by atoms with van der Waals surface area (Å²) in [6.07, 6.45) is 0. The zero-order valence-electron chi connectivity index (χ0n) is 20.1. The van der Waals surface area contributed by atoms with Gasteiger partial charge < -0.3 is 24.8 Å². The van der Waals surface area contributed by atoms with Crippen molar-refractivity contribution in [2.45, 2.75) is 5.75 Å². The lowest BCUT2D eigenvalue weighted by molar-refractivity contribution is 0.0516. The third-order valence-corrected chi connectivity index (χ3v) is 7.44. The summed E-state index contributed by atoms with van der Waals surface area (Å²) in [5.74, 6) is 3.73. The fraction of sp³-hybridized carbons (Fsp3) is 0.296. The predicted octanol–water partition coefficient (Wildman–Crippen LogP) is 5.89. The van der Waals surface area contributed by atoms with Crippen LogP contribution in [0, 0.1) is 0 Å². The molecular weight excluding hydrogens is 478 g/mol. The Labute approximate surface area is 215 Å². The number of benzene rings is 3. The van der Waals surface area contributed by atoms with Gasteiger partial charge in [-0.15, -0.1) is 11.3 Å². The molecule has 0 atom stereocenters. The smallest absolute Gasteiger partial charge is 0.188 e. The number of hydrogen-bond donors (Lipinski definition) is 2. The minimum atomic E-state index is 0.207. The van der Waals surface area contributed by atoms with Crippen molar-refractivity contribution in [2.24, 2.45) is 0 Å². The maximum absolute atomic E-state index is 5.77. The first kappa shape index (κ1) is 25.3. The van der Waals surface area contributed by atoms with Crippen LogP contribution in [0.15, 0.2) is 66.7 Å². The Balaban J connectivity index is 1.25. The van der Waals surface area contributed by atoms with Crippen molar-refractivity contribution in [1.82, 2.24) is 10.3 Å². The molecule has 0 spiro atoms. The fourth-order valence-corrected chi connectivity index (χ4v) is 5.33. The van der Waals surface area contributed by atoms with Gasteiger partial charge in [-0.1, -0.05) is 24.3 Å². The molecule has 0 aliphatic carbocycles. The molecule has 2 N–H and O–H groups in total. The standard InChI is InChI=1S/C27H31N3O3S2/c1-31-19-33-25-12-9-21(27-30-23-5-3-4-6-26(23)35-27)17-24(25)29-14-13-28-15-16-34-18-20-7-10-22(32-2)11-8-20/h3-12,17,28-29H,13-16,18-19H2,1-2H3. The van der Waals surface area contributed by atoms with Gasteiger partial charge in [0.15, 0.2) is 6.79 Å². The summed E-state index contributed by atoms with van der Waals surface area (Å²) in [5, 5.41) is 8.02. The van der Waals surface area contributed by atoms with Gasteiger partial charge in [0.1, 0.15) is 16.5 Å². The predicted molar refractivity (Wildman–Crippen MR) is 148 cm³/mol. The summed E-state index contributed by atoms with van der Waals surface area (Å²) in [6.45, 7) is 2.81. The second-order valence-electron chi connectivity index (χ2n) is 7.83. The summed E-state index contributed by atoms with van der Waals surface area (Å²) >= 11 is 3.62. The Morgan fingerprint density at radius 1 is 0.943 bits per heavy atom. The average Bonchev–Trinajstić information content (AvgIpc) is 3.34. The molecule has 3 aromatic carbocycles. The number of rotatable bonds is 14. The molecule has 184 valence electrons. The molecule has 0 aliphatic rings. The molecule has 4 aromatic rings. The van der Waals surface area contributed by atoms with Crippen LogP contribution in [0.2, 0.25) is 0 Å². The van der Waals surface area contributed by atoms with Crippen LogP contribution >= 0.6 is 23.1 Å². The summed E-state index contributed by atoms with van der Waals surface area (Å²) in [5.41, 5.74) is 4.35. The van der Waals surface area contributed by atoms with Crippen LogP contribution in [-0.4, -0.2) is 51.4 Å². The number of para-hydroxylation sites is 1. The SMILES string of the molecule is COCOc1ccc(-c2nc3ccccc3s2)cc1NCCNCCSCc1ccc(OC)cc1. The van der Waals surface area contributed by atoms with Crippen molar-refractivity contribution in [3.8, 4) is 22.1 Å². The summed E-state index contributed by atoms with van der Waals surface area (Å²) in [7, 11) is 3.32. The molecule has 0 fully saturated rings. The molecule has 0 unspecified atom stereocenters. The summed E-state index contributed by atoms with van der Waals surface area (Å²) in [4.78, 5) is 4.79. The van der Waals surface area contributed by atoms with E-state index in [9.17, 15) is 0 Å². The van der Waals surface area contributed by atoms with E-state index in [0.717, 1.165) is 64.4 Å². The third-order valence-electron chi connectivity index (χ3n) is 5.32. The molecule has 8 heteroatoms. The molecular formula is C27H31N3O3S2. The highest BCUT2D eigenvalue weighted by atomic mass is 32.2. The number of fused-ring (bicyclic) bond motifs is 1. The fourth-order valence-electron chi connectivity index (χ4n) is 3.51. The molecule has 6 nitrogen and oxygen atoms in total. The van der Waals surface area contributed by atoms with Crippen molar-refractivity contribution in [2.75, 3.05) is 51.7 Å². The van der Waals surface area contributed by atoms with Crippen LogP contribution in [0.4, 0.5) is 5.69 Å². The Bertz CT molecular complexity index is 1160. The Hall–Kier alpha value is -2.78. The summed E-state index contributed by atoms with van der Waals surface area (Å²) in [6, 6.07) is 22.6. The van der Waals surface area contributed by atoms with E-state index in [1.807, 2.05) is 54.2 Å². The first-order chi connectivity index (χ1) is 17.3. The number of anilines is 1. The van der Waals surface area contributed by atoms with Crippen LogP contribution < -0.4 is 20.1 Å². The van der Waals surface area contributed by atoms with Crippen molar-refractivity contribution < 1.29 is 14.2 Å². The van der Waals surface area contributed by atoms with E-state index in [0.29, 0.717) is 0 Å². The lowest BCUT2D eigenvalue weighted by Crippen LogP contribution is -2.24. The highest BCUT2D eigenvalue weighted by molar-refractivity contribution is 7.98. The van der Waals surface area contributed by atoms with Gasteiger partial charge >= 0.3 is 0 Å². The molecule has 0 amide bonds. The van der Waals surface area contributed by atoms with Crippen LogP contribution in [0.1, 0.15) is 5.56 Å². The Morgan fingerprint density at radius 3 is 2.60 bits per heavy atom. The van der Waals surface area contributed by atoms with E-state index in [1.165, 1.54) is 10.3 Å². The molecule has 0 bridgehead atoms. The van der Waals surface area contributed by atoms with Crippen LogP contribution in [-0.2, 0) is 10.5 Å². The highest BCUT2D eigenvalue weighted by Crippen LogP contribution is 2.35. The number of hydrogen-bond acceptors (Lipinski definition) is 8. The van der Waals surface area contributed by atoms with Gasteiger partial charge in [0.05, 0.1) is 23.0 Å². The second kappa shape index (κ2) is 13.3. The lowest BCUT2D eigenvalue weighted by atomic mass is 10.2. The number of aromatic nitrogens is 1. The van der Waals surface area contributed by atoms with Crippen molar-refractivity contribution in [1.29, 1.82) is 0 Å². The van der Waals surface area contributed by atoms with Gasteiger partial charge in [-0.25, -0.2) is 4.98 Å². The Morgan fingerprint density at radius 2 is 1.80 bits per heavy atom. The number of ether oxygens (including phenoxy) is 3. The van der Waals surface area contributed by atoms with E-state index in [4.69, 9.17) is 19.2 Å². The minimum Gasteiger partial charge on any atom is -0.497 e. The van der Waals surface area contributed by atoms with Crippen molar-refractivity contribution in [3.05, 3.63) is 72.3 Å². The molecule has 0 radical (unpaired) electrons. The molecule has 1 aromatic heterocycles. The van der Waals surface area contributed by atoms with E-state index < -0.39 is 0 Å². The van der Waals surface area contributed by atoms with E-state index in [1.54, 1.807) is 25.6 Å². The van der Waals surface area contributed by atoms with Crippen LogP contribution in [0.3, 0.4) is 0 Å². The van der Waals surface area contributed by atoms with Gasteiger partial charge in [-0.2, -0.15) is 11.8 Å². The highest BCUT2D eigenvalue weighted by Gasteiger charge is 2.10. The van der Waals surface area contributed by atoms with Gasteiger partial charge in [-0.05, 0) is 48.0 Å². The molecule has 0 saturated carbocycles. The van der Waals surface area contributed by atoms with Gasteiger partial charge in [0, 0.05) is 43.8 Å². The lowest BCUT2D eigenvalue weighted by Gasteiger charge is -2.14. The zero-order valence-corrected chi connectivity index (χ0v) is 21.7. The maximum Gasteiger partial charge on any atom is 0.188 e. The molecule has 0 aliphatic heterocycles. The topological polar surface area (TPSA) is 64.6 Å². The molecule has 1 heterocycles. The second-order valence-corrected chi connectivity index (χ2v) is 9.96. The number of thiazole rings is 1. The summed E-state index contributed by atoms with van der Waals surface area (Å²) < 4.78 is 17.3. The van der Waals surface area contributed by atoms with E-state index >= 15 is 0 Å².